The van der Waals surface area contributed by atoms with E-state index in [0.29, 0.717) is 22.6 Å². The third-order valence-corrected chi connectivity index (χ3v) is 2.73. The van der Waals surface area contributed by atoms with Crippen molar-refractivity contribution in [2.45, 2.75) is 0 Å². The molecular weight excluding hydrogens is 252 g/mol. The van der Waals surface area contributed by atoms with Gasteiger partial charge >= 0.3 is 0 Å². The predicted molar refractivity (Wildman–Crippen MR) is 77.7 cm³/mol. The molecule has 20 heavy (non-hydrogen) atoms. The van der Waals surface area contributed by atoms with Gasteiger partial charge in [-0.1, -0.05) is 0 Å². The summed E-state index contributed by atoms with van der Waals surface area (Å²) >= 11 is 0. The molecule has 0 atom stereocenters. The second-order valence-electron chi connectivity index (χ2n) is 4.41. The number of amides is 1. The molecule has 0 fully saturated rings. The molecule has 0 saturated carbocycles. The summed E-state index contributed by atoms with van der Waals surface area (Å²) in [5, 5.41) is 11.6. The standard InChI is InChI=1S/C15H14N4O/c1-19(2)14-13(4-3-9-17-14)18-15(20)12-7-5-11(10-16)6-8-12/h3-9H,1-2H3,(H,18,20). The van der Waals surface area contributed by atoms with E-state index in [1.807, 2.05) is 25.1 Å². The van der Waals surface area contributed by atoms with Crippen molar-refractivity contribution >= 4 is 17.4 Å². The monoisotopic (exact) mass is 266 g/mol. The zero-order valence-electron chi connectivity index (χ0n) is 11.3. The Morgan fingerprint density at radius 2 is 1.95 bits per heavy atom. The third kappa shape index (κ3) is 2.93. The molecule has 1 heterocycles. The molecule has 0 aliphatic rings. The molecule has 5 heteroatoms. The largest absolute Gasteiger partial charge is 0.361 e. The first-order valence-corrected chi connectivity index (χ1v) is 6.05. The highest BCUT2D eigenvalue weighted by Crippen LogP contribution is 2.21. The number of nitrogens with zero attached hydrogens (tertiary/aromatic N) is 3. The van der Waals surface area contributed by atoms with E-state index in [2.05, 4.69) is 10.3 Å². The van der Waals surface area contributed by atoms with Crippen LogP contribution in [0.3, 0.4) is 0 Å². The molecule has 0 saturated heterocycles. The lowest BCUT2D eigenvalue weighted by Crippen LogP contribution is -2.17. The Bertz CT molecular complexity index is 656. The number of aromatic nitrogens is 1. The molecule has 0 radical (unpaired) electrons. The Hall–Kier alpha value is -2.87. The van der Waals surface area contributed by atoms with E-state index in [0.717, 1.165) is 0 Å². The smallest absolute Gasteiger partial charge is 0.255 e. The highest BCUT2D eigenvalue weighted by molar-refractivity contribution is 6.05. The summed E-state index contributed by atoms with van der Waals surface area (Å²) in [6, 6.07) is 12.1. The van der Waals surface area contributed by atoms with Crippen molar-refractivity contribution in [2.75, 3.05) is 24.3 Å². The zero-order chi connectivity index (χ0) is 14.5. The molecular formula is C15H14N4O. The van der Waals surface area contributed by atoms with E-state index in [4.69, 9.17) is 5.26 Å². The normalized spacial score (nSPS) is 9.65. The first-order chi connectivity index (χ1) is 9.61. The molecule has 2 aromatic rings. The maximum Gasteiger partial charge on any atom is 0.255 e. The number of carbonyl (C=O) groups is 1. The second kappa shape index (κ2) is 5.85. The predicted octanol–water partition coefficient (Wildman–Crippen LogP) is 2.27. The molecule has 0 unspecified atom stereocenters. The van der Waals surface area contributed by atoms with Crippen LogP contribution < -0.4 is 10.2 Å². The minimum absolute atomic E-state index is 0.231. The van der Waals surface area contributed by atoms with Gasteiger partial charge in [0.1, 0.15) is 0 Å². The fourth-order valence-electron chi connectivity index (χ4n) is 1.74. The van der Waals surface area contributed by atoms with Gasteiger partial charge in [0.15, 0.2) is 5.82 Å². The highest BCUT2D eigenvalue weighted by Gasteiger charge is 2.10. The molecule has 0 aliphatic heterocycles. The van der Waals surface area contributed by atoms with Crippen LogP contribution in [0.1, 0.15) is 15.9 Å². The lowest BCUT2D eigenvalue weighted by Gasteiger charge is -2.16. The van der Waals surface area contributed by atoms with Crippen molar-refractivity contribution in [2.24, 2.45) is 0 Å². The maximum atomic E-state index is 12.1. The SMILES string of the molecule is CN(C)c1ncccc1NC(=O)c1ccc(C#N)cc1. The van der Waals surface area contributed by atoms with E-state index in [9.17, 15) is 4.79 Å². The summed E-state index contributed by atoms with van der Waals surface area (Å²) < 4.78 is 0. The molecule has 0 spiro atoms. The van der Waals surface area contributed by atoms with Gasteiger partial charge in [-0.15, -0.1) is 0 Å². The lowest BCUT2D eigenvalue weighted by atomic mass is 10.1. The summed E-state index contributed by atoms with van der Waals surface area (Å²) in [7, 11) is 3.72. The van der Waals surface area contributed by atoms with Gasteiger partial charge in [-0.25, -0.2) is 4.98 Å². The molecule has 100 valence electrons. The van der Waals surface area contributed by atoms with Crippen LogP contribution in [-0.4, -0.2) is 25.0 Å². The number of carbonyl (C=O) groups excluding carboxylic acids is 1. The number of pyridine rings is 1. The van der Waals surface area contributed by atoms with Crippen LogP contribution in [0.15, 0.2) is 42.6 Å². The van der Waals surface area contributed by atoms with Gasteiger partial charge in [0, 0.05) is 25.9 Å². The van der Waals surface area contributed by atoms with Crippen LogP contribution in [0.4, 0.5) is 11.5 Å². The minimum atomic E-state index is -0.231. The summed E-state index contributed by atoms with van der Waals surface area (Å²) in [6.07, 6.45) is 1.67. The summed E-state index contributed by atoms with van der Waals surface area (Å²) in [5.41, 5.74) is 1.67. The Morgan fingerprint density at radius 3 is 2.55 bits per heavy atom. The quantitative estimate of drug-likeness (QED) is 0.925. The summed E-state index contributed by atoms with van der Waals surface area (Å²) in [4.78, 5) is 18.2. The van der Waals surface area contributed by atoms with Crippen LogP contribution >= 0.6 is 0 Å². The number of hydrogen-bond acceptors (Lipinski definition) is 4. The van der Waals surface area contributed by atoms with E-state index in [1.165, 1.54) is 0 Å². The van der Waals surface area contributed by atoms with Crippen LogP contribution in [0.25, 0.3) is 0 Å². The molecule has 1 amide bonds. The number of rotatable bonds is 3. The number of benzene rings is 1. The van der Waals surface area contributed by atoms with Crippen molar-refractivity contribution in [1.82, 2.24) is 4.98 Å². The van der Waals surface area contributed by atoms with Gasteiger partial charge in [-0.05, 0) is 36.4 Å². The number of nitriles is 1. The van der Waals surface area contributed by atoms with Crippen LogP contribution in [0.5, 0.6) is 0 Å². The van der Waals surface area contributed by atoms with Crippen LogP contribution in [-0.2, 0) is 0 Å². The maximum absolute atomic E-state index is 12.1. The van der Waals surface area contributed by atoms with E-state index in [1.54, 1.807) is 42.6 Å². The van der Waals surface area contributed by atoms with Gasteiger partial charge in [-0.3, -0.25) is 4.79 Å². The van der Waals surface area contributed by atoms with Crippen molar-refractivity contribution in [3.8, 4) is 6.07 Å². The van der Waals surface area contributed by atoms with Gasteiger partial charge in [-0.2, -0.15) is 5.26 Å². The summed E-state index contributed by atoms with van der Waals surface area (Å²) in [6.45, 7) is 0. The second-order valence-corrected chi connectivity index (χ2v) is 4.41. The molecule has 0 bridgehead atoms. The Morgan fingerprint density at radius 1 is 1.25 bits per heavy atom. The highest BCUT2D eigenvalue weighted by atomic mass is 16.1. The topological polar surface area (TPSA) is 69.0 Å². The molecule has 1 N–H and O–H groups in total. The zero-order valence-corrected chi connectivity index (χ0v) is 11.3. The Labute approximate surface area is 117 Å². The first kappa shape index (κ1) is 13.6. The van der Waals surface area contributed by atoms with Gasteiger partial charge < -0.3 is 10.2 Å². The van der Waals surface area contributed by atoms with E-state index in [-0.39, 0.29) is 5.91 Å². The minimum Gasteiger partial charge on any atom is -0.361 e. The van der Waals surface area contributed by atoms with Gasteiger partial charge in [0.05, 0.1) is 17.3 Å². The average Bonchev–Trinajstić information content (AvgIpc) is 2.47. The lowest BCUT2D eigenvalue weighted by molar-refractivity contribution is 0.102. The number of nitrogens with one attached hydrogen (secondary N) is 1. The average molecular weight is 266 g/mol. The molecule has 1 aromatic carbocycles. The van der Waals surface area contributed by atoms with Gasteiger partial charge in [0.25, 0.3) is 5.91 Å². The Balaban J connectivity index is 2.21. The molecule has 2 rings (SSSR count). The fourth-order valence-corrected chi connectivity index (χ4v) is 1.74. The fraction of sp³-hybridized carbons (Fsp3) is 0.133. The Kier molecular flexibility index (Phi) is 3.96. The van der Waals surface area contributed by atoms with Crippen molar-refractivity contribution in [1.29, 1.82) is 5.26 Å². The van der Waals surface area contributed by atoms with Crippen molar-refractivity contribution in [3.63, 3.8) is 0 Å². The number of anilines is 2. The molecule has 5 nitrogen and oxygen atoms in total. The van der Waals surface area contributed by atoms with Crippen LogP contribution in [0, 0.1) is 11.3 Å². The first-order valence-electron chi connectivity index (χ1n) is 6.05. The van der Waals surface area contributed by atoms with Crippen LogP contribution in [0.2, 0.25) is 0 Å². The molecule has 1 aromatic heterocycles. The van der Waals surface area contributed by atoms with Crippen molar-refractivity contribution in [3.05, 3.63) is 53.7 Å². The van der Waals surface area contributed by atoms with Crippen molar-refractivity contribution < 1.29 is 4.79 Å². The van der Waals surface area contributed by atoms with Gasteiger partial charge in [0.2, 0.25) is 0 Å². The third-order valence-electron chi connectivity index (χ3n) is 2.73. The molecule has 0 aliphatic carbocycles. The van der Waals surface area contributed by atoms with E-state index >= 15 is 0 Å². The number of hydrogen-bond donors (Lipinski definition) is 1. The van der Waals surface area contributed by atoms with E-state index < -0.39 is 0 Å². The summed E-state index contributed by atoms with van der Waals surface area (Å²) in [5.74, 6) is 0.458.